The standard InChI is InChI=1S/C17H18NO.Li/c1-13-16(14-9-5-3-6-10-14)19-17(18(13)2)15-11-7-4-8-12-15;/h3-11,13,16-17H,1-2H3;/q-1;+1/t13-,16+,17-;/m1./s1. The molecule has 98 valence electrons. The second-order valence-corrected chi connectivity index (χ2v) is 5.04. The van der Waals surface area contributed by atoms with E-state index in [4.69, 9.17) is 4.74 Å². The minimum Gasteiger partial charge on any atom is -0.352 e. The van der Waals surface area contributed by atoms with E-state index >= 15 is 0 Å². The van der Waals surface area contributed by atoms with Crippen LogP contribution in [0.5, 0.6) is 0 Å². The fourth-order valence-corrected chi connectivity index (χ4v) is 2.63. The molecule has 1 heterocycles. The van der Waals surface area contributed by atoms with Crippen LogP contribution in [0, 0.1) is 6.07 Å². The second kappa shape index (κ2) is 6.61. The van der Waals surface area contributed by atoms with Crippen LogP contribution >= 0.6 is 0 Å². The Morgan fingerprint density at radius 2 is 1.75 bits per heavy atom. The number of hydrogen-bond acceptors (Lipinski definition) is 2. The topological polar surface area (TPSA) is 12.5 Å². The first kappa shape index (κ1) is 15.3. The van der Waals surface area contributed by atoms with E-state index in [1.54, 1.807) is 0 Å². The average molecular weight is 259 g/mol. The maximum Gasteiger partial charge on any atom is 1.00 e. The number of likely N-dealkylation sites (N-methyl/N-ethyl adjacent to an activating group) is 1. The van der Waals surface area contributed by atoms with Crippen LogP contribution in [0.4, 0.5) is 0 Å². The summed E-state index contributed by atoms with van der Waals surface area (Å²) in [4.78, 5) is 2.27. The summed E-state index contributed by atoms with van der Waals surface area (Å²) in [7, 11) is 2.11. The smallest absolute Gasteiger partial charge is 0.352 e. The zero-order valence-electron chi connectivity index (χ0n) is 12.3. The molecule has 1 saturated heterocycles. The minimum absolute atomic E-state index is 0. The van der Waals surface area contributed by atoms with Crippen molar-refractivity contribution in [3.05, 3.63) is 71.8 Å². The van der Waals surface area contributed by atoms with E-state index in [1.807, 2.05) is 24.3 Å². The minimum atomic E-state index is -0.0126. The summed E-state index contributed by atoms with van der Waals surface area (Å²) in [5.41, 5.74) is 2.33. The Labute approximate surface area is 132 Å². The second-order valence-electron chi connectivity index (χ2n) is 5.04. The Bertz CT molecular complexity index is 482. The van der Waals surface area contributed by atoms with Gasteiger partial charge in [-0.25, -0.2) is 0 Å². The Morgan fingerprint density at radius 3 is 2.40 bits per heavy atom. The molecule has 2 aromatic rings. The molecule has 0 N–H and O–H groups in total. The molecule has 3 heteroatoms. The van der Waals surface area contributed by atoms with Crippen molar-refractivity contribution in [2.24, 2.45) is 0 Å². The van der Waals surface area contributed by atoms with Gasteiger partial charge in [0, 0.05) is 6.04 Å². The average Bonchev–Trinajstić information content (AvgIpc) is 2.77. The first-order valence-electron chi connectivity index (χ1n) is 6.66. The molecule has 2 aromatic carbocycles. The molecule has 0 radical (unpaired) electrons. The van der Waals surface area contributed by atoms with Crippen molar-refractivity contribution in [1.29, 1.82) is 0 Å². The molecule has 0 aliphatic carbocycles. The monoisotopic (exact) mass is 259 g/mol. The third-order valence-corrected chi connectivity index (χ3v) is 3.85. The van der Waals surface area contributed by atoms with E-state index in [1.165, 1.54) is 5.56 Å². The van der Waals surface area contributed by atoms with Crippen molar-refractivity contribution in [1.82, 2.24) is 4.90 Å². The van der Waals surface area contributed by atoms with E-state index in [0.717, 1.165) is 5.56 Å². The molecule has 20 heavy (non-hydrogen) atoms. The van der Waals surface area contributed by atoms with Crippen LogP contribution in [-0.4, -0.2) is 18.0 Å². The van der Waals surface area contributed by atoms with Crippen molar-refractivity contribution in [3.63, 3.8) is 0 Å². The molecule has 0 bridgehead atoms. The fourth-order valence-electron chi connectivity index (χ4n) is 2.63. The normalized spacial score (nSPS) is 26.2. The van der Waals surface area contributed by atoms with Gasteiger partial charge in [0.1, 0.15) is 12.3 Å². The predicted molar refractivity (Wildman–Crippen MR) is 75.5 cm³/mol. The van der Waals surface area contributed by atoms with Crippen LogP contribution in [0.25, 0.3) is 0 Å². The van der Waals surface area contributed by atoms with E-state index in [9.17, 15) is 0 Å². The van der Waals surface area contributed by atoms with Gasteiger partial charge in [-0.1, -0.05) is 30.3 Å². The van der Waals surface area contributed by atoms with Crippen LogP contribution in [0.3, 0.4) is 0 Å². The van der Waals surface area contributed by atoms with Crippen LogP contribution in [0.2, 0.25) is 0 Å². The maximum absolute atomic E-state index is 6.25. The Morgan fingerprint density at radius 1 is 1.05 bits per heavy atom. The zero-order chi connectivity index (χ0) is 13.2. The van der Waals surface area contributed by atoms with Gasteiger partial charge in [-0.3, -0.25) is 4.90 Å². The summed E-state index contributed by atoms with van der Waals surface area (Å²) in [6.07, 6.45) is 0.103. The van der Waals surface area contributed by atoms with Gasteiger partial charge in [0.15, 0.2) is 0 Å². The van der Waals surface area contributed by atoms with Crippen LogP contribution in [0.1, 0.15) is 30.4 Å². The fraction of sp³-hybridized carbons (Fsp3) is 0.294. The molecular weight excluding hydrogens is 241 g/mol. The Balaban J connectivity index is 0.00000147. The summed E-state index contributed by atoms with van der Waals surface area (Å²) in [5.74, 6) is 0. The largest absolute Gasteiger partial charge is 1.00 e. The third-order valence-electron chi connectivity index (χ3n) is 3.85. The van der Waals surface area contributed by atoms with Gasteiger partial charge in [-0.2, -0.15) is 30.3 Å². The van der Waals surface area contributed by atoms with Gasteiger partial charge in [0.2, 0.25) is 0 Å². The van der Waals surface area contributed by atoms with Crippen LogP contribution in [0.15, 0.2) is 54.6 Å². The van der Waals surface area contributed by atoms with Crippen LogP contribution < -0.4 is 18.9 Å². The number of benzene rings is 2. The Kier molecular flexibility index (Phi) is 5.07. The molecule has 0 aromatic heterocycles. The molecule has 0 amide bonds. The third kappa shape index (κ3) is 2.85. The summed E-state index contributed by atoms with van der Waals surface area (Å²) < 4.78 is 6.25. The van der Waals surface area contributed by atoms with Crippen LogP contribution in [-0.2, 0) is 4.74 Å². The zero-order valence-corrected chi connectivity index (χ0v) is 12.3. The molecule has 0 spiro atoms. The van der Waals surface area contributed by atoms with Crippen molar-refractivity contribution >= 4 is 0 Å². The van der Waals surface area contributed by atoms with E-state index in [2.05, 4.69) is 55.3 Å². The van der Waals surface area contributed by atoms with E-state index in [0.29, 0.717) is 6.04 Å². The van der Waals surface area contributed by atoms with E-state index < -0.39 is 0 Å². The van der Waals surface area contributed by atoms with Crippen molar-refractivity contribution in [3.8, 4) is 0 Å². The predicted octanol–water partition coefficient (Wildman–Crippen LogP) is 0.581. The molecule has 2 nitrogen and oxygen atoms in total. The van der Waals surface area contributed by atoms with Gasteiger partial charge in [0.05, 0.1) is 0 Å². The SMILES string of the molecule is C[C@@H]1[C@@H](c2ccccc2)O[C@H](c2[c-]cccc2)N1C.[Li+]. The number of hydrogen-bond donors (Lipinski definition) is 0. The first-order chi connectivity index (χ1) is 9.27. The quantitative estimate of drug-likeness (QED) is 0.578. The summed E-state index contributed by atoms with van der Waals surface area (Å²) in [6, 6.07) is 22.1. The van der Waals surface area contributed by atoms with Gasteiger partial charge in [-0.15, -0.1) is 5.56 Å². The van der Waals surface area contributed by atoms with Gasteiger partial charge in [0.25, 0.3) is 0 Å². The van der Waals surface area contributed by atoms with Crippen molar-refractivity contribution in [2.75, 3.05) is 7.05 Å². The Hall–Kier alpha value is -1.04. The molecule has 1 aliphatic heterocycles. The van der Waals surface area contributed by atoms with Gasteiger partial charge >= 0.3 is 18.9 Å². The summed E-state index contributed by atoms with van der Waals surface area (Å²) in [6.45, 7) is 2.21. The first-order valence-corrected chi connectivity index (χ1v) is 6.66. The molecule has 1 aliphatic rings. The molecule has 1 fully saturated rings. The number of nitrogens with zero attached hydrogens (tertiary/aromatic N) is 1. The van der Waals surface area contributed by atoms with Crippen molar-refractivity contribution < 1.29 is 23.6 Å². The molecule has 0 unspecified atom stereocenters. The van der Waals surface area contributed by atoms with Gasteiger partial charge < -0.3 is 4.74 Å². The maximum atomic E-state index is 6.25. The molecule has 3 rings (SSSR count). The summed E-state index contributed by atoms with van der Waals surface area (Å²) in [5, 5.41) is 0. The number of rotatable bonds is 2. The van der Waals surface area contributed by atoms with E-state index in [-0.39, 0.29) is 31.2 Å². The van der Waals surface area contributed by atoms with Gasteiger partial charge in [-0.05, 0) is 19.5 Å². The summed E-state index contributed by atoms with van der Waals surface area (Å²) >= 11 is 0. The molecule has 3 atom stereocenters. The van der Waals surface area contributed by atoms with Crippen molar-refractivity contribution in [2.45, 2.75) is 25.3 Å². The molecule has 0 saturated carbocycles. The molecular formula is C17H18LiNO. The number of ether oxygens (including phenoxy) is 1.